The number of ether oxygens (including phenoxy) is 2. The van der Waals surface area contributed by atoms with Gasteiger partial charge in [-0.3, -0.25) is 0 Å². The third-order valence-corrected chi connectivity index (χ3v) is 4.39. The minimum absolute atomic E-state index is 0.132. The topological polar surface area (TPSA) is 113 Å². The van der Waals surface area contributed by atoms with Gasteiger partial charge in [0.15, 0.2) is 6.10 Å². The van der Waals surface area contributed by atoms with Crippen molar-refractivity contribution in [3.05, 3.63) is 83.4 Å². The zero-order chi connectivity index (χ0) is 20.1. The lowest BCUT2D eigenvalue weighted by molar-refractivity contribution is -0.103. The van der Waals surface area contributed by atoms with Crippen LogP contribution in [-0.4, -0.2) is 58.3 Å². The number of aliphatic hydroxyl groups is 3. The van der Waals surface area contributed by atoms with Crippen LogP contribution in [0.1, 0.15) is 20.7 Å². The average Bonchev–Trinajstić information content (AvgIpc) is 2.73. The van der Waals surface area contributed by atoms with E-state index >= 15 is 0 Å². The second kappa shape index (κ2) is 8.79. The lowest BCUT2D eigenvalue weighted by atomic mass is 9.89. The first-order chi connectivity index (χ1) is 13.5. The molecule has 0 bridgehead atoms. The van der Waals surface area contributed by atoms with E-state index in [1.54, 1.807) is 48.5 Å². The van der Waals surface area contributed by atoms with Crippen LogP contribution in [-0.2, 0) is 9.47 Å². The number of carbonyl (C=O) groups is 2. The Balaban J connectivity index is 1.68. The van der Waals surface area contributed by atoms with Gasteiger partial charge in [0, 0.05) is 0 Å². The maximum absolute atomic E-state index is 12.2. The van der Waals surface area contributed by atoms with E-state index in [9.17, 15) is 24.9 Å². The van der Waals surface area contributed by atoms with Crippen molar-refractivity contribution in [2.75, 3.05) is 6.61 Å². The number of esters is 2. The lowest BCUT2D eigenvalue weighted by Gasteiger charge is -2.34. The maximum Gasteiger partial charge on any atom is 0.338 e. The van der Waals surface area contributed by atoms with Crippen LogP contribution in [0.2, 0.25) is 0 Å². The molecule has 3 rings (SSSR count). The summed E-state index contributed by atoms with van der Waals surface area (Å²) in [6, 6.07) is 16.4. The predicted octanol–water partition coefficient (Wildman–Crippen LogP) is 1.09. The number of rotatable bonds is 5. The predicted molar refractivity (Wildman–Crippen MR) is 98.5 cm³/mol. The minimum atomic E-state index is -1.52. The standard InChI is InChI=1S/C21H20O7/c22-16-11-15(12-27-20(25)13-7-3-1-4-8-13)17(23)19(18(16)24)28-21(26)14-9-5-2-6-10-14/h1-11,16-19,22-24H,12H2/t16-,17-,18+,19+/m1/s1. The quantitative estimate of drug-likeness (QED) is 0.522. The van der Waals surface area contributed by atoms with Gasteiger partial charge in [-0.25, -0.2) is 9.59 Å². The molecular weight excluding hydrogens is 364 g/mol. The van der Waals surface area contributed by atoms with E-state index in [0.29, 0.717) is 5.56 Å². The average molecular weight is 384 g/mol. The van der Waals surface area contributed by atoms with Crippen LogP contribution in [0.15, 0.2) is 72.3 Å². The van der Waals surface area contributed by atoms with Gasteiger partial charge >= 0.3 is 11.9 Å². The smallest absolute Gasteiger partial charge is 0.338 e. The number of benzene rings is 2. The van der Waals surface area contributed by atoms with Gasteiger partial charge in [-0.1, -0.05) is 36.4 Å². The van der Waals surface area contributed by atoms with Crippen molar-refractivity contribution >= 4 is 11.9 Å². The highest BCUT2D eigenvalue weighted by Gasteiger charge is 2.41. The first-order valence-electron chi connectivity index (χ1n) is 8.70. The fraction of sp³-hybridized carbons (Fsp3) is 0.238. The molecule has 0 radical (unpaired) electrons. The normalized spacial score (nSPS) is 24.2. The van der Waals surface area contributed by atoms with Crippen LogP contribution < -0.4 is 0 Å². The molecule has 3 N–H and O–H groups in total. The molecule has 1 aliphatic carbocycles. The summed E-state index contributed by atoms with van der Waals surface area (Å²) in [5.41, 5.74) is 0.706. The number of carbonyl (C=O) groups excluding carboxylic acids is 2. The summed E-state index contributed by atoms with van der Waals surface area (Å²) in [5.74, 6) is -1.36. The van der Waals surface area contributed by atoms with Crippen molar-refractivity contribution in [2.24, 2.45) is 0 Å². The van der Waals surface area contributed by atoms with Crippen LogP contribution in [0.3, 0.4) is 0 Å². The first kappa shape index (κ1) is 19.8. The Bertz CT molecular complexity index is 848. The van der Waals surface area contributed by atoms with Crippen LogP contribution >= 0.6 is 0 Å². The molecule has 4 atom stereocenters. The molecule has 0 unspecified atom stereocenters. The van der Waals surface area contributed by atoms with Gasteiger partial charge in [0.1, 0.15) is 24.9 Å². The molecule has 2 aromatic carbocycles. The van der Waals surface area contributed by atoms with Gasteiger partial charge in [0.25, 0.3) is 0 Å². The number of aliphatic hydroxyl groups excluding tert-OH is 3. The van der Waals surface area contributed by atoms with E-state index in [4.69, 9.17) is 9.47 Å². The molecular formula is C21H20O7. The highest BCUT2D eigenvalue weighted by Crippen LogP contribution is 2.24. The zero-order valence-corrected chi connectivity index (χ0v) is 14.8. The highest BCUT2D eigenvalue weighted by atomic mass is 16.6. The van der Waals surface area contributed by atoms with Gasteiger partial charge < -0.3 is 24.8 Å². The van der Waals surface area contributed by atoms with E-state index < -0.39 is 36.4 Å². The molecule has 0 aromatic heterocycles. The molecule has 1 aliphatic rings. The summed E-state index contributed by atoms with van der Waals surface area (Å²) in [5, 5.41) is 30.7. The summed E-state index contributed by atoms with van der Waals surface area (Å²) >= 11 is 0. The molecule has 146 valence electrons. The van der Waals surface area contributed by atoms with E-state index in [0.717, 1.165) is 0 Å². The Kier molecular flexibility index (Phi) is 6.20. The first-order valence-corrected chi connectivity index (χ1v) is 8.70. The fourth-order valence-corrected chi connectivity index (χ4v) is 2.85. The molecule has 0 fully saturated rings. The van der Waals surface area contributed by atoms with Crippen molar-refractivity contribution in [2.45, 2.75) is 24.4 Å². The van der Waals surface area contributed by atoms with Crippen molar-refractivity contribution in [3.8, 4) is 0 Å². The summed E-state index contributed by atoms with van der Waals surface area (Å²) in [6.07, 6.45) is -4.55. The van der Waals surface area contributed by atoms with Crippen molar-refractivity contribution in [3.63, 3.8) is 0 Å². The number of hydrogen-bond donors (Lipinski definition) is 3. The van der Waals surface area contributed by atoms with Gasteiger partial charge in [-0.05, 0) is 35.9 Å². The van der Waals surface area contributed by atoms with E-state index in [-0.39, 0.29) is 17.7 Å². The van der Waals surface area contributed by atoms with Gasteiger partial charge in [-0.2, -0.15) is 0 Å². The molecule has 0 saturated carbocycles. The summed E-state index contributed by atoms with van der Waals surface area (Å²) in [7, 11) is 0. The fourth-order valence-electron chi connectivity index (χ4n) is 2.85. The van der Waals surface area contributed by atoms with E-state index in [2.05, 4.69) is 0 Å². The SMILES string of the molecule is O=C(OCC1=C[C@@H](O)[C@H](O)[C@@H](OC(=O)c2ccccc2)[C@@H]1O)c1ccccc1. The van der Waals surface area contributed by atoms with Gasteiger partial charge in [-0.15, -0.1) is 0 Å². The minimum Gasteiger partial charge on any atom is -0.457 e. The van der Waals surface area contributed by atoms with Crippen LogP contribution in [0.5, 0.6) is 0 Å². The van der Waals surface area contributed by atoms with Crippen molar-refractivity contribution in [1.29, 1.82) is 0 Å². The molecule has 7 nitrogen and oxygen atoms in total. The third-order valence-electron chi connectivity index (χ3n) is 4.39. The Morgan fingerprint density at radius 3 is 1.93 bits per heavy atom. The Hall–Kier alpha value is -3.00. The van der Waals surface area contributed by atoms with Gasteiger partial charge in [0.05, 0.1) is 11.1 Å². The third kappa shape index (κ3) is 4.45. The summed E-state index contributed by atoms with van der Waals surface area (Å²) in [4.78, 5) is 24.3. The molecule has 0 spiro atoms. The Labute approximate surface area is 161 Å². The van der Waals surface area contributed by atoms with Crippen molar-refractivity contribution in [1.82, 2.24) is 0 Å². The van der Waals surface area contributed by atoms with E-state index in [1.165, 1.54) is 18.2 Å². The molecule has 0 heterocycles. The molecule has 7 heteroatoms. The summed E-state index contributed by atoms with van der Waals surface area (Å²) < 4.78 is 10.4. The number of hydrogen-bond acceptors (Lipinski definition) is 7. The monoisotopic (exact) mass is 384 g/mol. The van der Waals surface area contributed by atoms with E-state index in [1.807, 2.05) is 0 Å². The Morgan fingerprint density at radius 2 is 1.36 bits per heavy atom. The second-order valence-corrected chi connectivity index (χ2v) is 6.35. The molecule has 2 aromatic rings. The van der Waals surface area contributed by atoms with Gasteiger partial charge in [0.2, 0.25) is 0 Å². The Morgan fingerprint density at radius 1 is 0.821 bits per heavy atom. The van der Waals surface area contributed by atoms with Crippen molar-refractivity contribution < 1.29 is 34.4 Å². The highest BCUT2D eigenvalue weighted by molar-refractivity contribution is 5.90. The van der Waals surface area contributed by atoms with Crippen LogP contribution in [0.4, 0.5) is 0 Å². The maximum atomic E-state index is 12.2. The second-order valence-electron chi connectivity index (χ2n) is 6.35. The van der Waals surface area contributed by atoms with Crippen LogP contribution in [0.25, 0.3) is 0 Å². The van der Waals surface area contributed by atoms with Crippen LogP contribution in [0, 0.1) is 0 Å². The molecule has 28 heavy (non-hydrogen) atoms. The molecule has 0 saturated heterocycles. The molecule has 0 aliphatic heterocycles. The lowest BCUT2D eigenvalue weighted by Crippen LogP contribution is -2.51. The molecule has 0 amide bonds. The largest absolute Gasteiger partial charge is 0.457 e. The summed E-state index contributed by atoms with van der Waals surface area (Å²) in [6.45, 7) is -0.321. The zero-order valence-electron chi connectivity index (χ0n) is 14.8.